The zero-order chi connectivity index (χ0) is 22.2. The molecule has 3 aromatic rings. The highest BCUT2D eigenvalue weighted by Gasteiger charge is 2.18. The van der Waals surface area contributed by atoms with Crippen LogP contribution in [0.25, 0.3) is 0 Å². The van der Waals surface area contributed by atoms with Gasteiger partial charge in [0, 0.05) is 18.0 Å². The number of nitrogens with zero attached hydrogens (tertiary/aromatic N) is 3. The Labute approximate surface area is 183 Å². The van der Waals surface area contributed by atoms with Crippen LogP contribution in [0.4, 0.5) is 4.39 Å². The summed E-state index contributed by atoms with van der Waals surface area (Å²) in [5.41, 5.74) is 1.02. The van der Waals surface area contributed by atoms with E-state index in [1.54, 1.807) is 43.3 Å². The second kappa shape index (κ2) is 10.7. The lowest BCUT2D eigenvalue weighted by Gasteiger charge is -2.21. The predicted molar refractivity (Wildman–Crippen MR) is 113 cm³/mol. The zero-order valence-electron chi connectivity index (χ0n) is 17.2. The molecule has 0 atom stereocenters. The van der Waals surface area contributed by atoms with Crippen molar-refractivity contribution in [3.63, 3.8) is 0 Å². The molecule has 3 rings (SSSR count). The Morgan fingerprint density at radius 3 is 2.71 bits per heavy atom. The molecule has 0 N–H and O–H groups in total. The fourth-order valence-corrected chi connectivity index (χ4v) is 3.71. The minimum Gasteiger partial charge on any atom is -0.452 e. The van der Waals surface area contributed by atoms with Crippen LogP contribution in [0.5, 0.6) is 0 Å². The molecule has 9 heteroatoms. The van der Waals surface area contributed by atoms with Crippen LogP contribution in [0.15, 0.2) is 57.9 Å². The molecule has 0 radical (unpaired) electrons. The molecule has 2 aromatic carbocycles. The number of carbonyl (C=O) groups is 2. The Morgan fingerprint density at radius 2 is 2.00 bits per heavy atom. The van der Waals surface area contributed by atoms with Crippen LogP contribution in [0.1, 0.15) is 34.6 Å². The number of likely N-dealkylation sites (N-methyl/N-ethyl adjacent to an activating group) is 1. The van der Waals surface area contributed by atoms with Crippen LogP contribution in [0.3, 0.4) is 0 Å². The molecule has 0 spiro atoms. The van der Waals surface area contributed by atoms with Crippen molar-refractivity contribution < 1.29 is 23.2 Å². The number of carbonyl (C=O) groups excluding carboxylic acids is 2. The number of thioether (sulfide) groups is 1. The average molecular weight is 444 g/mol. The summed E-state index contributed by atoms with van der Waals surface area (Å²) < 4.78 is 23.7. The van der Waals surface area contributed by atoms with Gasteiger partial charge in [-0.05, 0) is 43.7 Å². The first kappa shape index (κ1) is 22.5. The van der Waals surface area contributed by atoms with Gasteiger partial charge in [-0.1, -0.05) is 29.4 Å². The van der Waals surface area contributed by atoms with E-state index >= 15 is 0 Å². The van der Waals surface area contributed by atoms with E-state index in [4.69, 9.17) is 9.26 Å². The van der Waals surface area contributed by atoms with Crippen LogP contribution >= 0.6 is 11.8 Å². The minimum absolute atomic E-state index is 0.237. The van der Waals surface area contributed by atoms with E-state index in [1.165, 1.54) is 28.8 Å². The fourth-order valence-electron chi connectivity index (χ4n) is 2.83. The van der Waals surface area contributed by atoms with E-state index in [2.05, 4.69) is 10.1 Å². The second-order valence-electron chi connectivity index (χ2n) is 6.63. The smallest absolute Gasteiger partial charge is 0.339 e. The molecule has 0 fully saturated rings. The van der Waals surface area contributed by atoms with Gasteiger partial charge in [0.05, 0.1) is 11.3 Å². The van der Waals surface area contributed by atoms with Crippen LogP contribution in [0.2, 0.25) is 0 Å². The van der Waals surface area contributed by atoms with Crippen molar-refractivity contribution in [1.82, 2.24) is 15.0 Å². The molecular formula is C22H22FN3O4S. The van der Waals surface area contributed by atoms with Crippen molar-refractivity contribution >= 4 is 23.6 Å². The summed E-state index contributed by atoms with van der Waals surface area (Å²) >= 11 is 1.36. The first-order valence-electron chi connectivity index (χ1n) is 9.66. The molecule has 1 amide bonds. The summed E-state index contributed by atoms with van der Waals surface area (Å²) in [6.45, 7) is 3.78. The maximum atomic E-state index is 13.4. The molecule has 7 nitrogen and oxygen atoms in total. The van der Waals surface area contributed by atoms with E-state index < -0.39 is 12.6 Å². The molecule has 0 bridgehead atoms. The van der Waals surface area contributed by atoms with Crippen LogP contribution in [-0.2, 0) is 21.8 Å². The first-order chi connectivity index (χ1) is 15.0. The molecule has 0 aliphatic carbocycles. The highest BCUT2D eigenvalue weighted by molar-refractivity contribution is 7.98. The van der Waals surface area contributed by atoms with Crippen LogP contribution < -0.4 is 0 Å². The van der Waals surface area contributed by atoms with Gasteiger partial charge < -0.3 is 14.2 Å². The van der Waals surface area contributed by atoms with Gasteiger partial charge >= 0.3 is 5.97 Å². The van der Waals surface area contributed by atoms with Gasteiger partial charge in [0.2, 0.25) is 5.89 Å². The number of amides is 1. The average Bonchev–Trinajstić information content (AvgIpc) is 3.19. The van der Waals surface area contributed by atoms with Gasteiger partial charge in [0.15, 0.2) is 12.4 Å². The fraction of sp³-hybridized carbons (Fsp3) is 0.273. The van der Waals surface area contributed by atoms with Crippen LogP contribution in [0, 0.1) is 12.7 Å². The third kappa shape index (κ3) is 6.39. The maximum Gasteiger partial charge on any atom is 0.339 e. The SMILES string of the molecule is CCN(Cc1cccc(F)c1)C(=O)COC(=O)c1ccccc1SCc1nc(C)no1. The van der Waals surface area contributed by atoms with Crippen molar-refractivity contribution in [2.75, 3.05) is 13.2 Å². The van der Waals surface area contributed by atoms with E-state index in [0.29, 0.717) is 40.0 Å². The summed E-state index contributed by atoms with van der Waals surface area (Å²) in [6, 6.07) is 13.0. The monoisotopic (exact) mass is 443 g/mol. The summed E-state index contributed by atoms with van der Waals surface area (Å²) in [6.07, 6.45) is 0. The molecule has 162 valence electrons. The van der Waals surface area contributed by atoms with Crippen LogP contribution in [-0.4, -0.2) is 40.1 Å². The predicted octanol–water partition coefficient (Wildman–Crippen LogP) is 4.01. The third-order valence-corrected chi connectivity index (χ3v) is 5.41. The summed E-state index contributed by atoms with van der Waals surface area (Å²) in [5.74, 6) is 0.0856. The lowest BCUT2D eigenvalue weighted by atomic mass is 10.2. The Morgan fingerprint density at radius 1 is 1.19 bits per heavy atom. The van der Waals surface area contributed by atoms with Gasteiger partial charge in [0.25, 0.3) is 5.91 Å². The number of ether oxygens (including phenoxy) is 1. The molecule has 0 aliphatic heterocycles. The van der Waals surface area contributed by atoms with Crippen molar-refractivity contribution in [2.45, 2.75) is 31.0 Å². The molecular weight excluding hydrogens is 421 g/mol. The number of esters is 1. The number of hydrogen-bond acceptors (Lipinski definition) is 7. The first-order valence-corrected chi connectivity index (χ1v) is 10.6. The Bertz CT molecular complexity index is 1060. The number of halogens is 1. The van der Waals surface area contributed by atoms with Crippen molar-refractivity contribution in [3.05, 3.63) is 77.2 Å². The number of rotatable bonds is 9. The van der Waals surface area contributed by atoms with Crippen molar-refractivity contribution in [1.29, 1.82) is 0 Å². The second-order valence-corrected chi connectivity index (χ2v) is 7.65. The molecule has 0 saturated carbocycles. The summed E-state index contributed by atoms with van der Waals surface area (Å²) in [5, 5.41) is 3.74. The summed E-state index contributed by atoms with van der Waals surface area (Å²) in [4.78, 5) is 31.4. The van der Waals surface area contributed by atoms with E-state index in [1.807, 2.05) is 6.92 Å². The normalized spacial score (nSPS) is 10.7. The van der Waals surface area contributed by atoms with E-state index in [0.717, 1.165) is 0 Å². The highest BCUT2D eigenvalue weighted by atomic mass is 32.2. The molecule has 0 saturated heterocycles. The molecule has 0 unspecified atom stereocenters. The lowest BCUT2D eigenvalue weighted by molar-refractivity contribution is -0.134. The molecule has 1 aromatic heterocycles. The van der Waals surface area contributed by atoms with Gasteiger partial charge in [-0.15, -0.1) is 11.8 Å². The molecule has 1 heterocycles. The van der Waals surface area contributed by atoms with Crippen molar-refractivity contribution in [2.24, 2.45) is 0 Å². The Balaban J connectivity index is 1.58. The zero-order valence-corrected chi connectivity index (χ0v) is 18.0. The number of hydrogen-bond donors (Lipinski definition) is 0. The standard InChI is InChI=1S/C22H22FN3O4S/c1-3-26(12-16-7-6-8-17(23)11-16)21(27)13-29-22(28)18-9-4-5-10-19(18)31-14-20-24-15(2)25-30-20/h4-11H,3,12-14H2,1-2H3. The Hall–Kier alpha value is -3.20. The number of aryl methyl sites for hydroxylation is 1. The topological polar surface area (TPSA) is 85.5 Å². The quantitative estimate of drug-likeness (QED) is 0.365. The number of aromatic nitrogens is 2. The Kier molecular flexibility index (Phi) is 7.77. The van der Waals surface area contributed by atoms with Crippen molar-refractivity contribution in [3.8, 4) is 0 Å². The largest absolute Gasteiger partial charge is 0.452 e. The van der Waals surface area contributed by atoms with E-state index in [9.17, 15) is 14.0 Å². The van der Waals surface area contributed by atoms with Gasteiger partial charge in [-0.3, -0.25) is 4.79 Å². The lowest BCUT2D eigenvalue weighted by Crippen LogP contribution is -2.34. The highest BCUT2D eigenvalue weighted by Crippen LogP contribution is 2.26. The van der Waals surface area contributed by atoms with Gasteiger partial charge in [0.1, 0.15) is 5.82 Å². The molecule has 0 aliphatic rings. The maximum absolute atomic E-state index is 13.4. The number of benzene rings is 2. The third-order valence-electron chi connectivity index (χ3n) is 4.35. The summed E-state index contributed by atoms with van der Waals surface area (Å²) in [7, 11) is 0. The van der Waals surface area contributed by atoms with E-state index in [-0.39, 0.29) is 18.3 Å². The molecule has 31 heavy (non-hydrogen) atoms. The van der Waals surface area contributed by atoms with Gasteiger partial charge in [-0.25, -0.2) is 9.18 Å². The van der Waals surface area contributed by atoms with Gasteiger partial charge in [-0.2, -0.15) is 4.98 Å². The minimum atomic E-state index is -0.597.